The summed E-state index contributed by atoms with van der Waals surface area (Å²) in [6, 6.07) is 10.4. The van der Waals surface area contributed by atoms with Crippen LogP contribution in [0.15, 0.2) is 47.4 Å². The molecule has 0 spiro atoms. The predicted molar refractivity (Wildman–Crippen MR) is 69.7 cm³/mol. The highest BCUT2D eigenvalue weighted by Crippen LogP contribution is 2.07. The number of hydroxylamine groups is 1. The molecule has 0 saturated heterocycles. The maximum Gasteiger partial charge on any atom is 0.280 e. The van der Waals surface area contributed by atoms with Crippen LogP contribution in [0, 0.1) is 0 Å². The number of hydrogen-bond acceptors (Lipinski definition) is 5. The summed E-state index contributed by atoms with van der Waals surface area (Å²) >= 11 is 0. The van der Waals surface area contributed by atoms with Crippen molar-refractivity contribution < 1.29 is 14.7 Å². The molecule has 20 heavy (non-hydrogen) atoms. The number of rotatable bonds is 5. The minimum absolute atomic E-state index is 0.179. The highest BCUT2D eigenvalue weighted by Gasteiger charge is 2.11. The lowest BCUT2D eigenvalue weighted by molar-refractivity contribution is 0.0703. The summed E-state index contributed by atoms with van der Waals surface area (Å²) in [6.45, 7) is 0.432. The van der Waals surface area contributed by atoms with Crippen molar-refractivity contribution in [3.8, 4) is 5.75 Å². The summed E-state index contributed by atoms with van der Waals surface area (Å²) in [5, 5.41) is 12.4. The first kappa shape index (κ1) is 13.8. The zero-order valence-electron chi connectivity index (χ0n) is 10.5. The normalized spacial score (nSPS) is 10.1. The predicted octanol–water partition coefficient (Wildman–Crippen LogP) is 0.441. The fraction of sp³-hybridized carbons (Fsp3) is 0.154. The third-order valence-electron chi connectivity index (χ3n) is 2.57. The van der Waals surface area contributed by atoms with Crippen LogP contribution in [0.2, 0.25) is 0 Å². The van der Waals surface area contributed by atoms with Gasteiger partial charge in [-0.25, -0.2) is 10.2 Å². The summed E-state index contributed by atoms with van der Waals surface area (Å²) in [6.07, 6.45) is 1.31. The van der Waals surface area contributed by atoms with Crippen LogP contribution in [0.25, 0.3) is 0 Å². The van der Waals surface area contributed by atoms with E-state index < -0.39 is 11.5 Å². The van der Waals surface area contributed by atoms with E-state index in [9.17, 15) is 9.59 Å². The van der Waals surface area contributed by atoms with Gasteiger partial charge in [0, 0.05) is 6.20 Å². The van der Waals surface area contributed by atoms with E-state index in [2.05, 4.69) is 5.10 Å². The van der Waals surface area contributed by atoms with Gasteiger partial charge in [-0.05, 0) is 18.2 Å². The number of carbonyl (C=O) groups is 1. The first-order valence-corrected chi connectivity index (χ1v) is 5.91. The Labute approximate surface area is 114 Å². The van der Waals surface area contributed by atoms with Crippen molar-refractivity contribution in [3.63, 3.8) is 0 Å². The number of benzene rings is 1. The monoisotopic (exact) mass is 275 g/mol. The molecule has 0 aliphatic heterocycles. The molecule has 0 radical (unpaired) electrons. The number of ether oxygens (including phenoxy) is 1. The van der Waals surface area contributed by atoms with Gasteiger partial charge >= 0.3 is 0 Å². The number of nitrogens with zero attached hydrogens (tertiary/aromatic N) is 2. The molecule has 0 atom stereocenters. The third kappa shape index (κ3) is 3.21. The Hall–Kier alpha value is -2.67. The van der Waals surface area contributed by atoms with Crippen molar-refractivity contribution in [3.05, 3.63) is 58.5 Å². The van der Waals surface area contributed by atoms with Gasteiger partial charge in [0.1, 0.15) is 17.9 Å². The smallest absolute Gasteiger partial charge is 0.280 e. The van der Waals surface area contributed by atoms with Gasteiger partial charge in [-0.15, -0.1) is 0 Å². The molecule has 7 nitrogen and oxygen atoms in total. The molecule has 7 heteroatoms. The largest absolute Gasteiger partial charge is 0.492 e. The molecule has 0 unspecified atom stereocenters. The molecule has 1 aromatic heterocycles. The Balaban J connectivity index is 2.03. The van der Waals surface area contributed by atoms with E-state index in [4.69, 9.17) is 9.94 Å². The van der Waals surface area contributed by atoms with Crippen molar-refractivity contribution in [2.75, 3.05) is 6.61 Å². The van der Waals surface area contributed by atoms with Crippen molar-refractivity contribution >= 4 is 5.91 Å². The van der Waals surface area contributed by atoms with Gasteiger partial charge in [0.15, 0.2) is 0 Å². The molecule has 0 fully saturated rings. The van der Waals surface area contributed by atoms with Crippen LogP contribution in [0.3, 0.4) is 0 Å². The highest BCUT2D eigenvalue weighted by atomic mass is 16.5. The van der Waals surface area contributed by atoms with Crippen LogP contribution >= 0.6 is 0 Å². The maximum absolute atomic E-state index is 11.9. The number of amides is 1. The zero-order chi connectivity index (χ0) is 14.4. The van der Waals surface area contributed by atoms with Crippen LogP contribution < -0.4 is 15.8 Å². The Morgan fingerprint density at radius 3 is 2.75 bits per heavy atom. The maximum atomic E-state index is 11.9. The van der Waals surface area contributed by atoms with Crippen molar-refractivity contribution in [1.29, 1.82) is 0 Å². The SMILES string of the molecule is O=C(NO)c1ccnn(CCOc2ccccc2)c1=O. The van der Waals surface area contributed by atoms with Crippen LogP contribution in [0.4, 0.5) is 0 Å². The van der Waals surface area contributed by atoms with E-state index in [1.54, 1.807) is 12.1 Å². The van der Waals surface area contributed by atoms with Crippen molar-refractivity contribution in [2.45, 2.75) is 6.54 Å². The second-order valence-corrected chi connectivity index (χ2v) is 3.88. The quantitative estimate of drug-likeness (QED) is 0.610. The van der Waals surface area contributed by atoms with E-state index in [0.29, 0.717) is 5.75 Å². The average Bonchev–Trinajstić information content (AvgIpc) is 2.49. The van der Waals surface area contributed by atoms with Gasteiger partial charge in [-0.1, -0.05) is 18.2 Å². The molecule has 0 bridgehead atoms. The van der Waals surface area contributed by atoms with E-state index in [1.807, 2.05) is 18.2 Å². The lowest BCUT2D eigenvalue weighted by atomic mass is 10.3. The van der Waals surface area contributed by atoms with Crippen LogP contribution in [-0.4, -0.2) is 27.5 Å². The average molecular weight is 275 g/mol. The summed E-state index contributed by atoms with van der Waals surface area (Å²) in [4.78, 5) is 23.1. The lowest BCUT2D eigenvalue weighted by Gasteiger charge is -2.08. The van der Waals surface area contributed by atoms with Gasteiger partial charge in [-0.2, -0.15) is 5.10 Å². The summed E-state index contributed by atoms with van der Waals surface area (Å²) in [5.41, 5.74) is 0.654. The minimum atomic E-state index is -0.866. The van der Waals surface area contributed by atoms with Gasteiger partial charge in [0.25, 0.3) is 11.5 Å². The molecule has 2 N–H and O–H groups in total. The van der Waals surface area contributed by atoms with E-state index in [0.717, 1.165) is 4.68 Å². The molecule has 104 valence electrons. The number of hydrogen-bond donors (Lipinski definition) is 2. The van der Waals surface area contributed by atoms with E-state index in [-0.39, 0.29) is 18.7 Å². The first-order chi connectivity index (χ1) is 9.72. The molecule has 0 saturated carbocycles. The van der Waals surface area contributed by atoms with Gasteiger partial charge in [0.05, 0.1) is 6.54 Å². The Morgan fingerprint density at radius 2 is 2.05 bits per heavy atom. The lowest BCUT2D eigenvalue weighted by Crippen LogP contribution is -2.33. The summed E-state index contributed by atoms with van der Waals surface area (Å²) in [7, 11) is 0. The zero-order valence-corrected chi connectivity index (χ0v) is 10.5. The molecule has 1 amide bonds. The number of para-hydroxylation sites is 1. The molecule has 1 heterocycles. The van der Waals surface area contributed by atoms with Gasteiger partial charge < -0.3 is 4.74 Å². The summed E-state index contributed by atoms with van der Waals surface area (Å²) < 4.78 is 6.55. The Kier molecular flexibility index (Phi) is 4.46. The molecular weight excluding hydrogens is 262 g/mol. The van der Waals surface area contributed by atoms with Crippen LogP contribution in [0.1, 0.15) is 10.4 Å². The van der Waals surface area contributed by atoms with Crippen molar-refractivity contribution in [1.82, 2.24) is 15.3 Å². The second-order valence-electron chi connectivity index (χ2n) is 3.88. The minimum Gasteiger partial charge on any atom is -0.492 e. The fourth-order valence-electron chi connectivity index (χ4n) is 1.61. The molecule has 1 aromatic carbocycles. The second kappa shape index (κ2) is 6.48. The van der Waals surface area contributed by atoms with Gasteiger partial charge in [-0.3, -0.25) is 14.8 Å². The number of carbonyl (C=O) groups excluding carboxylic acids is 1. The number of nitrogens with one attached hydrogen (secondary N) is 1. The van der Waals surface area contributed by atoms with Crippen LogP contribution in [0.5, 0.6) is 5.75 Å². The fourth-order valence-corrected chi connectivity index (χ4v) is 1.61. The Bertz CT molecular complexity index is 640. The molecular formula is C13H13N3O4. The molecule has 2 rings (SSSR count). The third-order valence-corrected chi connectivity index (χ3v) is 2.57. The van der Waals surface area contributed by atoms with E-state index >= 15 is 0 Å². The topological polar surface area (TPSA) is 93.5 Å². The first-order valence-electron chi connectivity index (χ1n) is 5.91. The van der Waals surface area contributed by atoms with Crippen molar-refractivity contribution in [2.24, 2.45) is 0 Å². The molecule has 2 aromatic rings. The van der Waals surface area contributed by atoms with Gasteiger partial charge in [0.2, 0.25) is 0 Å². The molecule has 0 aliphatic carbocycles. The van der Waals surface area contributed by atoms with Crippen LogP contribution in [-0.2, 0) is 6.54 Å². The Morgan fingerprint density at radius 1 is 1.30 bits per heavy atom. The number of aromatic nitrogens is 2. The highest BCUT2D eigenvalue weighted by molar-refractivity contribution is 5.92. The molecule has 0 aliphatic rings. The van der Waals surface area contributed by atoms with E-state index in [1.165, 1.54) is 17.7 Å². The summed E-state index contributed by atoms with van der Waals surface area (Å²) in [5.74, 6) is -0.181. The standard InChI is InChI=1S/C13H13N3O4/c17-12(15-19)11-6-7-14-16(13(11)18)8-9-20-10-4-2-1-3-5-10/h1-7,19H,8-9H2,(H,15,17).